The number of nitrogens with two attached hydrogens (primary N) is 2. The van der Waals surface area contributed by atoms with E-state index in [1.165, 1.54) is 11.9 Å². The summed E-state index contributed by atoms with van der Waals surface area (Å²) >= 11 is 1.38. The molecule has 0 saturated carbocycles. The lowest BCUT2D eigenvalue weighted by atomic mass is 9.90. The molecule has 5 heteroatoms. The van der Waals surface area contributed by atoms with Gasteiger partial charge in [0.1, 0.15) is 12.8 Å². The highest BCUT2D eigenvalue weighted by Gasteiger charge is 2.21. The van der Waals surface area contributed by atoms with Crippen LogP contribution in [0.5, 0.6) is 0 Å². The molecule has 0 radical (unpaired) electrons. The van der Waals surface area contributed by atoms with Crippen molar-refractivity contribution in [3.8, 4) is 0 Å². The molecule has 1 heterocycles. The van der Waals surface area contributed by atoms with E-state index in [0.717, 1.165) is 28.0 Å². The third kappa shape index (κ3) is 4.49. The smallest absolute Gasteiger partial charge is 0.176 e. The number of allylic oxidation sites excluding steroid dienone is 8. The maximum absolute atomic E-state index is 6.50. The van der Waals surface area contributed by atoms with Gasteiger partial charge < -0.3 is 5.73 Å². The van der Waals surface area contributed by atoms with Crippen LogP contribution in [0.4, 0.5) is 0 Å². The Morgan fingerprint density at radius 1 is 1.42 bits per heavy atom. The van der Waals surface area contributed by atoms with Gasteiger partial charge in [-0.25, -0.2) is 8.96 Å². The van der Waals surface area contributed by atoms with Crippen LogP contribution >= 0.6 is 11.9 Å². The van der Waals surface area contributed by atoms with Gasteiger partial charge in [-0.05, 0) is 23.9 Å². The van der Waals surface area contributed by atoms with Gasteiger partial charge in [-0.3, -0.25) is 5.41 Å². The van der Waals surface area contributed by atoms with Gasteiger partial charge in [0.15, 0.2) is 18.6 Å². The predicted molar refractivity (Wildman–Crippen MR) is 112 cm³/mol. The molecule has 4 N–H and O–H groups in total. The van der Waals surface area contributed by atoms with Crippen molar-refractivity contribution in [2.75, 3.05) is 6.26 Å². The minimum Gasteiger partial charge on any atom is -0.396 e. The van der Waals surface area contributed by atoms with E-state index in [9.17, 15) is 0 Å². The monoisotopic (exact) mass is 366 g/mol. The van der Waals surface area contributed by atoms with Gasteiger partial charge in [0.05, 0.1) is 5.70 Å². The van der Waals surface area contributed by atoms with E-state index in [1.54, 1.807) is 6.21 Å². The van der Waals surface area contributed by atoms with Crippen LogP contribution in [0, 0.1) is 5.92 Å². The first-order chi connectivity index (χ1) is 12.5. The van der Waals surface area contributed by atoms with Crippen molar-refractivity contribution in [3.05, 3.63) is 83.9 Å². The molecular weight excluding hydrogens is 340 g/mol. The maximum Gasteiger partial charge on any atom is 0.176 e. The highest BCUT2D eigenvalue weighted by Crippen LogP contribution is 2.28. The Hall–Kier alpha value is -2.66. The molecule has 0 fully saturated rings. The number of pyridine rings is 1. The molecule has 0 bridgehead atoms. The molecule has 1 aromatic heterocycles. The summed E-state index contributed by atoms with van der Waals surface area (Å²) in [6.45, 7) is 5.87. The van der Waals surface area contributed by atoms with Gasteiger partial charge in [0.25, 0.3) is 0 Å². The van der Waals surface area contributed by atoms with Crippen LogP contribution in [-0.2, 0) is 7.05 Å². The van der Waals surface area contributed by atoms with Crippen LogP contribution in [0.25, 0.3) is 5.57 Å². The quantitative estimate of drug-likeness (QED) is 0.350. The molecule has 0 saturated heterocycles. The minimum atomic E-state index is 0.256. The molecule has 1 atom stereocenters. The molecule has 26 heavy (non-hydrogen) atoms. The Labute approximate surface area is 159 Å². The summed E-state index contributed by atoms with van der Waals surface area (Å²) in [5.74, 6) is 0.256. The Bertz CT molecular complexity index is 857. The van der Waals surface area contributed by atoms with E-state index in [-0.39, 0.29) is 5.92 Å². The largest absolute Gasteiger partial charge is 0.396 e. The summed E-state index contributed by atoms with van der Waals surface area (Å²) in [4.78, 5) is 0. The zero-order valence-corrected chi connectivity index (χ0v) is 16.3. The van der Waals surface area contributed by atoms with Crippen molar-refractivity contribution in [1.29, 1.82) is 0 Å². The second kappa shape index (κ2) is 9.15. The standard InChI is InChI=1S/C21H25N4S/c1-5-15(2)8-9-16(13-22)19-11-10-18(20(23)21(19)24-26-4)17-7-6-12-25(3)14-17/h5-15,22H,1,23H2,2-4H3/q+1/p+1. The van der Waals surface area contributed by atoms with E-state index < -0.39 is 0 Å². The Morgan fingerprint density at radius 3 is 2.81 bits per heavy atom. The fourth-order valence-electron chi connectivity index (χ4n) is 2.60. The Balaban J connectivity index is 2.57. The van der Waals surface area contributed by atoms with Crippen molar-refractivity contribution in [2.45, 2.75) is 6.92 Å². The third-order valence-electron chi connectivity index (χ3n) is 4.09. The second-order valence-electron chi connectivity index (χ2n) is 6.03. The SMILES string of the molecule is C=CC(C)C=CC(C=[NH2+])=C1C=CC(c2ccc[n+](C)c2)=C(N)C1=NSC. The highest BCUT2D eigenvalue weighted by molar-refractivity contribution is 7.97. The fourth-order valence-corrected chi connectivity index (χ4v) is 2.98. The molecule has 4 nitrogen and oxygen atoms in total. The second-order valence-corrected chi connectivity index (χ2v) is 6.58. The molecule has 0 amide bonds. The van der Waals surface area contributed by atoms with Crippen molar-refractivity contribution in [2.24, 2.45) is 23.1 Å². The van der Waals surface area contributed by atoms with Crippen LogP contribution < -0.4 is 15.7 Å². The number of hydrogen-bond donors (Lipinski definition) is 2. The van der Waals surface area contributed by atoms with E-state index in [2.05, 4.69) is 24.0 Å². The first-order valence-electron chi connectivity index (χ1n) is 8.37. The predicted octanol–water partition coefficient (Wildman–Crippen LogP) is 1.97. The number of aryl methyl sites for hydroxylation is 1. The van der Waals surface area contributed by atoms with Crippen molar-refractivity contribution in [1.82, 2.24) is 0 Å². The number of nitrogens with zero attached hydrogens (tertiary/aromatic N) is 2. The van der Waals surface area contributed by atoms with E-state index in [4.69, 9.17) is 11.1 Å². The van der Waals surface area contributed by atoms with Gasteiger partial charge in [0, 0.05) is 34.6 Å². The molecule has 0 aliphatic heterocycles. The molecule has 1 aliphatic rings. The van der Waals surface area contributed by atoms with Crippen molar-refractivity contribution < 1.29 is 9.98 Å². The summed E-state index contributed by atoms with van der Waals surface area (Å²) < 4.78 is 6.56. The van der Waals surface area contributed by atoms with Crippen molar-refractivity contribution >= 4 is 29.4 Å². The number of rotatable bonds is 6. The molecule has 0 aromatic carbocycles. The number of hydrogen-bond acceptors (Lipinski definition) is 3. The summed E-state index contributed by atoms with van der Waals surface area (Å²) in [6.07, 6.45) is 17.5. The lowest BCUT2D eigenvalue weighted by Gasteiger charge is -2.17. The van der Waals surface area contributed by atoms with Crippen LogP contribution in [-0.4, -0.2) is 18.2 Å². The molecule has 134 valence electrons. The molecule has 2 rings (SSSR count). The number of aromatic nitrogens is 1. The summed E-state index contributed by atoms with van der Waals surface area (Å²) in [7, 11) is 1.99. The first kappa shape index (κ1) is 19.7. The average molecular weight is 367 g/mol. The van der Waals surface area contributed by atoms with E-state index in [0.29, 0.717) is 5.70 Å². The Kier molecular flexibility index (Phi) is 6.92. The lowest BCUT2D eigenvalue weighted by Crippen LogP contribution is -2.31. The third-order valence-corrected chi connectivity index (χ3v) is 4.46. The van der Waals surface area contributed by atoms with Crippen molar-refractivity contribution in [3.63, 3.8) is 0 Å². The van der Waals surface area contributed by atoms with Gasteiger partial charge in [0.2, 0.25) is 0 Å². The minimum absolute atomic E-state index is 0.256. The van der Waals surface area contributed by atoms with Crippen LogP contribution in [0.2, 0.25) is 0 Å². The summed E-state index contributed by atoms with van der Waals surface area (Å²) in [5, 5.41) is 5.88. The maximum atomic E-state index is 6.50. The molecule has 1 unspecified atom stereocenters. The first-order valence-corrected chi connectivity index (χ1v) is 9.55. The zero-order valence-electron chi connectivity index (χ0n) is 15.5. The van der Waals surface area contributed by atoms with E-state index in [1.807, 2.05) is 66.7 Å². The van der Waals surface area contributed by atoms with Gasteiger partial charge >= 0.3 is 0 Å². The lowest BCUT2D eigenvalue weighted by molar-refractivity contribution is -0.671. The van der Waals surface area contributed by atoms with Gasteiger partial charge in [-0.15, -0.1) is 6.58 Å². The topological polar surface area (TPSA) is 67.8 Å². The normalized spacial score (nSPS) is 19.1. The molecule has 0 spiro atoms. The fraction of sp³-hybridized carbons (Fsp3) is 0.190. The van der Waals surface area contributed by atoms with Crippen LogP contribution in [0.3, 0.4) is 0 Å². The van der Waals surface area contributed by atoms with E-state index >= 15 is 0 Å². The molecular formula is C21H26N4S+2. The summed E-state index contributed by atoms with van der Waals surface area (Å²) in [6, 6.07) is 4.04. The molecule has 1 aliphatic carbocycles. The summed E-state index contributed by atoms with van der Waals surface area (Å²) in [5.41, 5.74) is 11.7. The van der Waals surface area contributed by atoms with Gasteiger partial charge in [-0.1, -0.05) is 37.3 Å². The zero-order chi connectivity index (χ0) is 19.1. The highest BCUT2D eigenvalue weighted by atomic mass is 32.2. The Morgan fingerprint density at radius 2 is 2.19 bits per heavy atom. The van der Waals surface area contributed by atoms with Crippen LogP contribution in [0.15, 0.2) is 82.7 Å². The average Bonchev–Trinajstić information content (AvgIpc) is 2.64. The van der Waals surface area contributed by atoms with Crippen LogP contribution in [0.1, 0.15) is 12.5 Å². The van der Waals surface area contributed by atoms with Gasteiger partial charge in [-0.2, -0.15) is 0 Å². The molecule has 1 aromatic rings.